The van der Waals surface area contributed by atoms with Crippen LogP contribution in [0.15, 0.2) is 30.1 Å². The second-order valence-electron chi connectivity index (χ2n) is 1.28. The summed E-state index contributed by atoms with van der Waals surface area (Å²) in [5.74, 6) is 0.572. The SMILES string of the molecule is C=C/C=N\OC(=C)C. The third kappa shape index (κ3) is 4.95. The van der Waals surface area contributed by atoms with Crippen molar-refractivity contribution < 1.29 is 4.84 Å². The van der Waals surface area contributed by atoms with Gasteiger partial charge in [-0.15, -0.1) is 0 Å². The number of hydrogen-bond acceptors (Lipinski definition) is 2. The van der Waals surface area contributed by atoms with E-state index in [-0.39, 0.29) is 0 Å². The maximum Gasteiger partial charge on any atom is 0.124 e. The van der Waals surface area contributed by atoms with Gasteiger partial charge in [0, 0.05) is 0 Å². The minimum absolute atomic E-state index is 0.572. The number of hydrogen-bond donors (Lipinski definition) is 0. The van der Waals surface area contributed by atoms with Crippen molar-refractivity contribution >= 4 is 6.21 Å². The number of nitrogens with zero attached hydrogens (tertiary/aromatic N) is 1. The van der Waals surface area contributed by atoms with Crippen molar-refractivity contribution in [2.24, 2.45) is 5.16 Å². The molecule has 0 aromatic rings. The van der Waals surface area contributed by atoms with E-state index in [1.165, 1.54) is 12.3 Å². The van der Waals surface area contributed by atoms with Crippen molar-refractivity contribution in [3.05, 3.63) is 25.0 Å². The average Bonchev–Trinajstić information content (AvgIpc) is 1.66. The molecule has 0 saturated heterocycles. The molecule has 0 amide bonds. The van der Waals surface area contributed by atoms with E-state index in [4.69, 9.17) is 0 Å². The van der Waals surface area contributed by atoms with Crippen LogP contribution in [0.25, 0.3) is 0 Å². The molecule has 0 aliphatic carbocycles. The summed E-state index contributed by atoms with van der Waals surface area (Å²) in [5, 5.41) is 3.45. The molecule has 2 heteroatoms. The van der Waals surface area contributed by atoms with E-state index in [0.29, 0.717) is 5.76 Å². The van der Waals surface area contributed by atoms with Crippen LogP contribution in [0.2, 0.25) is 0 Å². The molecule has 8 heavy (non-hydrogen) atoms. The van der Waals surface area contributed by atoms with Crippen LogP contribution in [0.5, 0.6) is 0 Å². The third-order valence-corrected chi connectivity index (χ3v) is 0.375. The largest absolute Gasteiger partial charge is 0.362 e. The van der Waals surface area contributed by atoms with Gasteiger partial charge in [0.25, 0.3) is 0 Å². The lowest BCUT2D eigenvalue weighted by molar-refractivity contribution is 0.233. The molecule has 0 fully saturated rings. The number of rotatable bonds is 3. The van der Waals surface area contributed by atoms with E-state index in [1.807, 2.05) is 0 Å². The predicted molar refractivity (Wildman–Crippen MR) is 34.6 cm³/mol. The zero-order chi connectivity index (χ0) is 6.41. The van der Waals surface area contributed by atoms with Gasteiger partial charge in [-0.2, -0.15) is 0 Å². The highest BCUT2D eigenvalue weighted by atomic mass is 16.6. The molecule has 0 atom stereocenters. The highest BCUT2D eigenvalue weighted by Gasteiger charge is 1.73. The summed E-state index contributed by atoms with van der Waals surface area (Å²) in [6.07, 6.45) is 2.98. The second-order valence-corrected chi connectivity index (χ2v) is 1.28. The minimum Gasteiger partial charge on any atom is -0.362 e. The Morgan fingerprint density at radius 3 is 2.75 bits per heavy atom. The summed E-state index contributed by atoms with van der Waals surface area (Å²) >= 11 is 0. The zero-order valence-electron chi connectivity index (χ0n) is 4.92. The van der Waals surface area contributed by atoms with E-state index < -0.39 is 0 Å². The van der Waals surface area contributed by atoms with Gasteiger partial charge >= 0.3 is 0 Å². The van der Waals surface area contributed by atoms with Crippen LogP contribution < -0.4 is 0 Å². The Balaban J connectivity index is 3.29. The highest BCUT2D eigenvalue weighted by molar-refractivity contribution is 5.69. The first kappa shape index (κ1) is 6.95. The Morgan fingerprint density at radius 1 is 1.75 bits per heavy atom. The molecule has 0 saturated carbocycles. The molecule has 0 spiro atoms. The highest BCUT2D eigenvalue weighted by Crippen LogP contribution is 1.87. The van der Waals surface area contributed by atoms with Gasteiger partial charge < -0.3 is 4.84 Å². The Bertz CT molecular complexity index is 116. The van der Waals surface area contributed by atoms with Crippen molar-refractivity contribution in [2.45, 2.75) is 6.92 Å². The Labute approximate surface area is 49.1 Å². The average molecular weight is 111 g/mol. The van der Waals surface area contributed by atoms with Gasteiger partial charge in [0.2, 0.25) is 0 Å². The molecule has 0 aromatic carbocycles. The summed E-state index contributed by atoms with van der Waals surface area (Å²) < 4.78 is 0. The molecular formula is C6H9NO. The van der Waals surface area contributed by atoms with Gasteiger partial charge in [0.1, 0.15) is 5.76 Å². The standard InChI is InChI=1S/C6H9NO/c1-4-5-7-8-6(2)3/h4-5H,1-2H2,3H3/b7-5-. The van der Waals surface area contributed by atoms with E-state index in [1.54, 1.807) is 6.92 Å². The molecule has 0 bridgehead atoms. The summed E-state index contributed by atoms with van der Waals surface area (Å²) in [6, 6.07) is 0. The molecule has 0 aliphatic heterocycles. The fourth-order valence-corrected chi connectivity index (χ4v) is 0.163. The predicted octanol–water partition coefficient (Wildman–Crippen LogP) is 1.71. The lowest BCUT2D eigenvalue weighted by Crippen LogP contribution is -1.73. The molecule has 0 unspecified atom stereocenters. The molecule has 0 heterocycles. The van der Waals surface area contributed by atoms with Crippen molar-refractivity contribution in [3.8, 4) is 0 Å². The summed E-state index contributed by atoms with van der Waals surface area (Å²) in [4.78, 5) is 4.59. The maximum atomic E-state index is 4.59. The quantitative estimate of drug-likeness (QED) is 0.308. The van der Waals surface area contributed by atoms with Crippen LogP contribution in [-0.2, 0) is 4.84 Å². The van der Waals surface area contributed by atoms with Gasteiger partial charge in [-0.3, -0.25) is 0 Å². The molecule has 0 aliphatic rings. The summed E-state index contributed by atoms with van der Waals surface area (Å²) in [7, 11) is 0. The first-order chi connectivity index (χ1) is 3.77. The molecular weight excluding hydrogens is 102 g/mol. The number of oxime groups is 1. The molecule has 0 rings (SSSR count). The van der Waals surface area contributed by atoms with Gasteiger partial charge in [-0.05, 0) is 13.0 Å². The van der Waals surface area contributed by atoms with Crippen LogP contribution in [0.1, 0.15) is 6.92 Å². The van der Waals surface area contributed by atoms with Gasteiger partial charge in [0.05, 0.1) is 6.21 Å². The Kier molecular flexibility index (Phi) is 3.58. The van der Waals surface area contributed by atoms with E-state index >= 15 is 0 Å². The van der Waals surface area contributed by atoms with Gasteiger partial charge in [0.15, 0.2) is 0 Å². The Hall–Kier alpha value is -1.05. The molecule has 2 nitrogen and oxygen atoms in total. The van der Waals surface area contributed by atoms with Gasteiger partial charge in [-0.25, -0.2) is 0 Å². The molecule has 44 valence electrons. The van der Waals surface area contributed by atoms with Crippen molar-refractivity contribution in [1.29, 1.82) is 0 Å². The topological polar surface area (TPSA) is 21.6 Å². The first-order valence-corrected chi connectivity index (χ1v) is 2.24. The van der Waals surface area contributed by atoms with Crippen LogP contribution in [-0.4, -0.2) is 6.21 Å². The molecule has 0 N–H and O–H groups in total. The fourth-order valence-electron chi connectivity index (χ4n) is 0.163. The van der Waals surface area contributed by atoms with Crippen LogP contribution in [0, 0.1) is 0 Å². The summed E-state index contributed by atoms with van der Waals surface area (Å²) in [6.45, 7) is 8.58. The minimum atomic E-state index is 0.572. The van der Waals surface area contributed by atoms with E-state index in [2.05, 4.69) is 23.2 Å². The first-order valence-electron chi connectivity index (χ1n) is 2.24. The van der Waals surface area contributed by atoms with Crippen molar-refractivity contribution in [2.75, 3.05) is 0 Å². The van der Waals surface area contributed by atoms with E-state index in [9.17, 15) is 0 Å². The smallest absolute Gasteiger partial charge is 0.124 e. The Morgan fingerprint density at radius 2 is 2.38 bits per heavy atom. The lowest BCUT2D eigenvalue weighted by atomic mass is 10.7. The van der Waals surface area contributed by atoms with Crippen LogP contribution in [0.4, 0.5) is 0 Å². The maximum absolute atomic E-state index is 4.59. The van der Waals surface area contributed by atoms with Gasteiger partial charge in [-0.1, -0.05) is 18.3 Å². The molecule has 0 aromatic heterocycles. The summed E-state index contributed by atoms with van der Waals surface area (Å²) in [5.41, 5.74) is 0. The van der Waals surface area contributed by atoms with Crippen molar-refractivity contribution in [3.63, 3.8) is 0 Å². The lowest BCUT2D eigenvalue weighted by Gasteiger charge is -1.89. The molecule has 0 radical (unpaired) electrons. The third-order valence-electron chi connectivity index (χ3n) is 0.375. The van der Waals surface area contributed by atoms with E-state index in [0.717, 1.165) is 0 Å². The van der Waals surface area contributed by atoms with Crippen LogP contribution in [0.3, 0.4) is 0 Å². The second kappa shape index (κ2) is 4.12. The van der Waals surface area contributed by atoms with Crippen LogP contribution >= 0.6 is 0 Å². The zero-order valence-corrected chi connectivity index (χ0v) is 4.92. The normalized spacial score (nSPS) is 9.12. The van der Waals surface area contributed by atoms with Crippen molar-refractivity contribution in [1.82, 2.24) is 0 Å². The monoisotopic (exact) mass is 111 g/mol. The number of allylic oxidation sites excluding steroid dienone is 2. The fraction of sp³-hybridized carbons (Fsp3) is 0.167.